The normalized spacial score (nSPS) is 13.3. The largest absolute Gasteiger partial charge is 0.445 e. The molecule has 0 aromatic heterocycles. The van der Waals surface area contributed by atoms with Crippen molar-refractivity contribution in [2.24, 2.45) is 0 Å². The van der Waals surface area contributed by atoms with Crippen LogP contribution >= 0.6 is 0 Å². The van der Waals surface area contributed by atoms with Crippen LogP contribution in [0.3, 0.4) is 0 Å². The van der Waals surface area contributed by atoms with Crippen molar-refractivity contribution < 1.29 is 23.9 Å². The lowest BCUT2D eigenvalue weighted by molar-refractivity contribution is -0.120. The predicted octanol–water partition coefficient (Wildman–Crippen LogP) is 2.72. The molecule has 1 aromatic rings. The highest BCUT2D eigenvalue weighted by molar-refractivity contribution is 5.82. The maximum absolute atomic E-state index is 12.0. The second kappa shape index (κ2) is 10.3. The van der Waals surface area contributed by atoms with Gasteiger partial charge in [-0.25, -0.2) is 9.59 Å². The summed E-state index contributed by atoms with van der Waals surface area (Å²) in [6, 6.07) is 9.26. The monoisotopic (exact) mass is 401 g/mol. The van der Waals surface area contributed by atoms with Gasteiger partial charge in [0, 0.05) is 19.3 Å². The summed E-state index contributed by atoms with van der Waals surface area (Å²) in [6.45, 7) is 6.02. The molecule has 3 amide bonds. The van der Waals surface area contributed by atoms with Crippen molar-refractivity contribution >= 4 is 18.1 Å². The minimum Gasteiger partial charge on any atom is -0.445 e. The summed E-state index contributed by atoms with van der Waals surface area (Å²) in [4.78, 5) is 36.9. The van der Waals surface area contributed by atoms with Crippen molar-refractivity contribution in [3.63, 3.8) is 0 Å². The van der Waals surface area contributed by atoms with Crippen molar-refractivity contribution in [3.8, 4) is 0 Å². The quantitative estimate of drug-likeness (QED) is 0.764. The smallest absolute Gasteiger partial charge is 0.414 e. The Morgan fingerprint density at radius 1 is 1.10 bits per heavy atom. The van der Waals surface area contributed by atoms with Gasteiger partial charge in [0.05, 0.1) is 0 Å². The van der Waals surface area contributed by atoms with Gasteiger partial charge < -0.3 is 20.1 Å². The molecular weight excluding hydrogens is 374 g/mol. The van der Waals surface area contributed by atoms with Crippen molar-refractivity contribution in [3.05, 3.63) is 59.8 Å². The fraction of sp³-hybridized carbons (Fsp3) is 0.381. The van der Waals surface area contributed by atoms with Crippen LogP contribution < -0.4 is 10.6 Å². The number of hydrogen-bond acceptors (Lipinski definition) is 5. The molecule has 29 heavy (non-hydrogen) atoms. The van der Waals surface area contributed by atoms with E-state index in [2.05, 4.69) is 10.6 Å². The average molecular weight is 401 g/mol. The van der Waals surface area contributed by atoms with Gasteiger partial charge in [-0.15, -0.1) is 0 Å². The number of alkyl carbamates (subject to hydrolysis) is 1. The van der Waals surface area contributed by atoms with Gasteiger partial charge in [0.15, 0.2) is 0 Å². The van der Waals surface area contributed by atoms with E-state index in [1.165, 1.54) is 4.90 Å². The molecule has 2 N–H and O–H groups in total. The van der Waals surface area contributed by atoms with Gasteiger partial charge in [-0.1, -0.05) is 36.4 Å². The van der Waals surface area contributed by atoms with E-state index >= 15 is 0 Å². The van der Waals surface area contributed by atoms with Crippen LogP contribution in [0, 0.1) is 0 Å². The highest BCUT2D eigenvalue weighted by atomic mass is 16.6. The van der Waals surface area contributed by atoms with Crippen LogP contribution in [0.4, 0.5) is 9.59 Å². The summed E-state index contributed by atoms with van der Waals surface area (Å²) < 4.78 is 10.3. The maximum atomic E-state index is 12.0. The van der Waals surface area contributed by atoms with E-state index in [0.29, 0.717) is 6.54 Å². The second-order valence-corrected chi connectivity index (χ2v) is 7.42. The first-order valence-electron chi connectivity index (χ1n) is 9.31. The third kappa shape index (κ3) is 8.50. The Hall–Kier alpha value is -3.29. The van der Waals surface area contributed by atoms with E-state index in [4.69, 9.17) is 9.47 Å². The predicted molar refractivity (Wildman–Crippen MR) is 108 cm³/mol. The second-order valence-electron chi connectivity index (χ2n) is 7.42. The number of hydrogen-bond donors (Lipinski definition) is 2. The SMILES string of the molecule is CC(C)(C)OC(=O)N1C=CC(CNC(=O)CNC(=O)OCc2ccccc2)=CC1. The number of nitrogens with one attached hydrogen (secondary N) is 2. The summed E-state index contributed by atoms with van der Waals surface area (Å²) >= 11 is 0. The number of carbonyl (C=O) groups excluding carboxylic acids is 3. The Bertz CT molecular complexity index is 781. The Balaban J connectivity index is 1.63. The van der Waals surface area contributed by atoms with Crippen molar-refractivity contribution in [2.75, 3.05) is 19.6 Å². The van der Waals surface area contributed by atoms with Gasteiger partial charge in [-0.3, -0.25) is 9.69 Å². The zero-order valence-corrected chi connectivity index (χ0v) is 16.9. The van der Waals surface area contributed by atoms with Crippen LogP contribution in [-0.4, -0.2) is 48.2 Å². The Morgan fingerprint density at radius 2 is 1.83 bits per heavy atom. The van der Waals surface area contributed by atoms with Crippen LogP contribution in [-0.2, 0) is 20.9 Å². The molecule has 1 heterocycles. The zero-order valence-electron chi connectivity index (χ0n) is 16.9. The van der Waals surface area contributed by atoms with Crippen molar-refractivity contribution in [1.29, 1.82) is 0 Å². The molecule has 1 aliphatic heterocycles. The number of ether oxygens (including phenoxy) is 2. The first-order chi connectivity index (χ1) is 13.7. The number of nitrogens with zero attached hydrogens (tertiary/aromatic N) is 1. The van der Waals surface area contributed by atoms with Crippen molar-refractivity contribution in [1.82, 2.24) is 15.5 Å². The number of carbonyl (C=O) groups is 3. The molecule has 2 rings (SSSR count). The summed E-state index contributed by atoms with van der Waals surface area (Å²) in [5.74, 6) is -0.342. The third-order valence-corrected chi connectivity index (χ3v) is 3.74. The lowest BCUT2D eigenvalue weighted by Crippen LogP contribution is -2.38. The van der Waals surface area contributed by atoms with E-state index in [-0.39, 0.29) is 25.6 Å². The molecule has 0 radical (unpaired) electrons. The summed E-state index contributed by atoms with van der Waals surface area (Å²) in [5, 5.41) is 5.10. The highest BCUT2D eigenvalue weighted by Crippen LogP contribution is 2.13. The number of benzene rings is 1. The standard InChI is InChI=1S/C21H27N3O5/c1-21(2,3)29-20(27)24-11-9-16(10-12-24)13-22-18(25)14-23-19(26)28-15-17-7-5-4-6-8-17/h4-11H,12-15H2,1-3H3,(H,22,25)(H,23,26). The van der Waals surface area contributed by atoms with E-state index in [0.717, 1.165) is 11.1 Å². The molecule has 8 nitrogen and oxygen atoms in total. The Morgan fingerprint density at radius 3 is 2.45 bits per heavy atom. The molecule has 0 unspecified atom stereocenters. The number of amides is 3. The molecule has 8 heteroatoms. The molecule has 0 aliphatic carbocycles. The topological polar surface area (TPSA) is 97.0 Å². The van der Waals surface area contributed by atoms with Gasteiger partial charge in [-0.05, 0) is 38.0 Å². The molecule has 1 aromatic carbocycles. The minimum absolute atomic E-state index is 0.139. The minimum atomic E-state index is -0.659. The van der Waals surface area contributed by atoms with Gasteiger partial charge in [0.2, 0.25) is 5.91 Å². The molecule has 0 bridgehead atoms. The maximum Gasteiger partial charge on any atom is 0.414 e. The van der Waals surface area contributed by atoms with Crippen LogP contribution in [0.2, 0.25) is 0 Å². The zero-order chi connectivity index (χ0) is 21.3. The van der Waals surface area contributed by atoms with E-state index in [1.807, 2.05) is 36.4 Å². The summed E-state index contributed by atoms with van der Waals surface area (Å²) in [5.41, 5.74) is 1.16. The number of rotatable bonds is 6. The third-order valence-electron chi connectivity index (χ3n) is 3.74. The Labute approximate surface area is 170 Å². The first kappa shape index (κ1) is 22.0. The molecule has 1 aliphatic rings. The fourth-order valence-electron chi connectivity index (χ4n) is 2.31. The molecule has 156 valence electrons. The van der Waals surface area contributed by atoms with E-state index < -0.39 is 17.8 Å². The summed E-state index contributed by atoms with van der Waals surface area (Å²) in [7, 11) is 0. The summed E-state index contributed by atoms with van der Waals surface area (Å²) in [6.07, 6.45) is 4.09. The van der Waals surface area contributed by atoms with Crippen LogP contribution in [0.1, 0.15) is 26.3 Å². The van der Waals surface area contributed by atoms with Crippen LogP contribution in [0.5, 0.6) is 0 Å². The molecule has 0 saturated carbocycles. The van der Waals surface area contributed by atoms with Crippen LogP contribution in [0.15, 0.2) is 54.3 Å². The van der Waals surface area contributed by atoms with Gasteiger partial charge >= 0.3 is 12.2 Å². The lowest BCUT2D eigenvalue weighted by Gasteiger charge is -2.26. The fourth-order valence-corrected chi connectivity index (χ4v) is 2.31. The molecule has 0 fully saturated rings. The van der Waals surface area contributed by atoms with Gasteiger partial charge in [0.25, 0.3) is 0 Å². The van der Waals surface area contributed by atoms with E-state index in [9.17, 15) is 14.4 Å². The molecule has 0 saturated heterocycles. The lowest BCUT2D eigenvalue weighted by atomic mass is 10.2. The Kier molecular flexibility index (Phi) is 7.82. The highest BCUT2D eigenvalue weighted by Gasteiger charge is 2.21. The van der Waals surface area contributed by atoms with Gasteiger partial charge in [-0.2, -0.15) is 0 Å². The van der Waals surface area contributed by atoms with Crippen molar-refractivity contribution in [2.45, 2.75) is 33.0 Å². The molecular formula is C21H27N3O5. The average Bonchev–Trinajstić information content (AvgIpc) is 2.69. The first-order valence-corrected chi connectivity index (χ1v) is 9.31. The van der Waals surface area contributed by atoms with Gasteiger partial charge in [0.1, 0.15) is 18.8 Å². The molecule has 0 atom stereocenters. The van der Waals surface area contributed by atoms with Crippen LogP contribution in [0.25, 0.3) is 0 Å². The van der Waals surface area contributed by atoms with E-state index in [1.54, 1.807) is 33.0 Å². The molecule has 0 spiro atoms.